The molecule has 1 aromatic carbocycles. The molecule has 0 radical (unpaired) electrons. The summed E-state index contributed by atoms with van der Waals surface area (Å²) in [4.78, 5) is 41.0. The first-order valence-corrected chi connectivity index (χ1v) is 12.1. The molecule has 11 nitrogen and oxygen atoms in total. The van der Waals surface area contributed by atoms with Crippen molar-refractivity contribution < 1.29 is 32.0 Å². The number of benzene rings is 1. The highest BCUT2D eigenvalue weighted by atomic mass is 32.2. The van der Waals surface area contributed by atoms with E-state index in [-0.39, 0.29) is 22.3 Å². The number of rotatable bonds is 9. The van der Waals surface area contributed by atoms with E-state index in [1.54, 1.807) is 19.9 Å². The zero-order valence-corrected chi connectivity index (χ0v) is 19.6. The van der Waals surface area contributed by atoms with Crippen LogP contribution in [-0.2, 0) is 24.3 Å². The number of anilines is 1. The number of ether oxygens (including phenoxy) is 1. The standard InChI is InChI=1S/C22H26N4O7S/c1-14(2)20(25-21(28)17-8-5-11-32-17)22(29)33-13-19(27)24-15-6-3-7-16(12-15)34(30,31)26-18-9-4-10-23-18/h3,5-8,11-12,14,20H,4,9-10,13H2,1-2H3,(H,23,26)(H,24,27)(H,25,28)/t20-/m0/s1. The summed E-state index contributed by atoms with van der Waals surface area (Å²) in [5.74, 6) is -1.91. The van der Waals surface area contributed by atoms with Crippen molar-refractivity contribution in [3.63, 3.8) is 0 Å². The van der Waals surface area contributed by atoms with Crippen LogP contribution in [0.3, 0.4) is 0 Å². The SMILES string of the molecule is CC(C)[C@H](NC(=O)c1ccco1)C(=O)OCC(=O)Nc1cccc(S(=O)(=O)NC2=NCCC2)c1. The van der Waals surface area contributed by atoms with Crippen molar-refractivity contribution in [3.05, 3.63) is 48.4 Å². The summed E-state index contributed by atoms with van der Waals surface area (Å²) in [5, 5.41) is 5.02. The molecule has 1 aliphatic rings. The molecule has 1 aliphatic heterocycles. The number of amides is 2. The summed E-state index contributed by atoms with van der Waals surface area (Å²) >= 11 is 0. The van der Waals surface area contributed by atoms with Crippen LogP contribution in [0.1, 0.15) is 37.2 Å². The molecule has 182 valence electrons. The van der Waals surface area contributed by atoms with Gasteiger partial charge < -0.3 is 19.8 Å². The van der Waals surface area contributed by atoms with Crippen LogP contribution < -0.4 is 15.4 Å². The fourth-order valence-corrected chi connectivity index (χ4v) is 4.25. The normalized spacial score (nSPS) is 14.3. The Kier molecular flexibility index (Phi) is 8.05. The second-order valence-corrected chi connectivity index (χ2v) is 9.58. The highest BCUT2D eigenvalue weighted by molar-refractivity contribution is 7.90. The number of hydrogen-bond donors (Lipinski definition) is 3. The lowest BCUT2D eigenvalue weighted by molar-refractivity contribution is -0.150. The number of amidine groups is 1. The Hall–Kier alpha value is -3.67. The van der Waals surface area contributed by atoms with E-state index in [1.807, 2.05) is 0 Å². The van der Waals surface area contributed by atoms with Crippen molar-refractivity contribution in [1.29, 1.82) is 0 Å². The second kappa shape index (κ2) is 11.0. The third-order valence-electron chi connectivity index (χ3n) is 4.85. The Balaban J connectivity index is 1.56. The summed E-state index contributed by atoms with van der Waals surface area (Å²) < 4.78 is 37.6. The molecule has 34 heavy (non-hydrogen) atoms. The molecule has 0 saturated carbocycles. The van der Waals surface area contributed by atoms with Gasteiger partial charge in [0.05, 0.1) is 11.2 Å². The molecule has 3 N–H and O–H groups in total. The Morgan fingerprint density at radius 1 is 1.18 bits per heavy atom. The van der Waals surface area contributed by atoms with Gasteiger partial charge in [0.1, 0.15) is 11.9 Å². The van der Waals surface area contributed by atoms with E-state index < -0.39 is 40.5 Å². The smallest absolute Gasteiger partial charge is 0.329 e. The predicted octanol–water partition coefficient (Wildman–Crippen LogP) is 1.69. The maximum Gasteiger partial charge on any atom is 0.329 e. The summed E-state index contributed by atoms with van der Waals surface area (Å²) in [5.41, 5.74) is 0.212. The van der Waals surface area contributed by atoms with Crippen molar-refractivity contribution in [3.8, 4) is 0 Å². The van der Waals surface area contributed by atoms with Crippen LogP contribution in [-0.4, -0.2) is 51.2 Å². The van der Waals surface area contributed by atoms with Crippen LogP contribution in [0.25, 0.3) is 0 Å². The number of carbonyl (C=O) groups excluding carboxylic acids is 3. The largest absolute Gasteiger partial charge is 0.459 e. The average molecular weight is 491 g/mol. The quantitative estimate of drug-likeness (QED) is 0.452. The summed E-state index contributed by atoms with van der Waals surface area (Å²) in [7, 11) is -3.84. The number of carbonyl (C=O) groups is 3. The van der Waals surface area contributed by atoms with Crippen molar-refractivity contribution in [2.45, 2.75) is 37.6 Å². The van der Waals surface area contributed by atoms with E-state index in [1.165, 1.54) is 36.6 Å². The van der Waals surface area contributed by atoms with Gasteiger partial charge in [-0.15, -0.1) is 0 Å². The van der Waals surface area contributed by atoms with Crippen LogP contribution in [0.2, 0.25) is 0 Å². The van der Waals surface area contributed by atoms with Gasteiger partial charge in [-0.1, -0.05) is 19.9 Å². The molecule has 0 unspecified atom stereocenters. The van der Waals surface area contributed by atoms with E-state index in [9.17, 15) is 22.8 Å². The Bertz CT molecular complexity index is 1170. The Labute approximate surface area is 197 Å². The summed E-state index contributed by atoms with van der Waals surface area (Å²) in [6, 6.07) is 7.67. The van der Waals surface area contributed by atoms with Crippen molar-refractivity contribution in [2.24, 2.45) is 10.9 Å². The first-order valence-electron chi connectivity index (χ1n) is 10.6. The number of aliphatic imine (C=N–C) groups is 1. The molecule has 2 heterocycles. The zero-order chi connectivity index (χ0) is 24.7. The van der Waals surface area contributed by atoms with Crippen LogP contribution in [0.15, 0.2) is 57.0 Å². The highest BCUT2D eigenvalue weighted by Gasteiger charge is 2.27. The molecule has 0 fully saturated rings. The maximum atomic E-state index is 12.5. The molecule has 0 saturated heterocycles. The van der Waals surface area contributed by atoms with Gasteiger partial charge in [-0.05, 0) is 42.7 Å². The van der Waals surface area contributed by atoms with E-state index >= 15 is 0 Å². The van der Waals surface area contributed by atoms with Gasteiger partial charge in [-0.25, -0.2) is 13.2 Å². The fraction of sp³-hybridized carbons (Fsp3) is 0.364. The molecule has 3 rings (SSSR count). The molecule has 12 heteroatoms. The number of nitrogens with one attached hydrogen (secondary N) is 3. The third-order valence-corrected chi connectivity index (χ3v) is 6.23. The Morgan fingerprint density at radius 2 is 1.97 bits per heavy atom. The lowest BCUT2D eigenvalue weighted by Crippen LogP contribution is -2.45. The topological polar surface area (TPSA) is 156 Å². The highest BCUT2D eigenvalue weighted by Crippen LogP contribution is 2.16. The molecule has 1 atom stereocenters. The number of esters is 1. The lowest BCUT2D eigenvalue weighted by atomic mass is 10.0. The number of furan rings is 1. The first kappa shape index (κ1) is 25.0. The lowest BCUT2D eigenvalue weighted by Gasteiger charge is -2.20. The average Bonchev–Trinajstić information content (AvgIpc) is 3.50. The molecular formula is C22H26N4O7S. The minimum atomic E-state index is -3.84. The van der Waals surface area contributed by atoms with Crippen molar-refractivity contribution in [1.82, 2.24) is 10.0 Å². The molecule has 0 spiro atoms. The predicted molar refractivity (Wildman–Crippen MR) is 123 cm³/mol. The fourth-order valence-electron chi connectivity index (χ4n) is 3.12. The molecule has 1 aromatic heterocycles. The van der Waals surface area contributed by atoms with Crippen LogP contribution >= 0.6 is 0 Å². The van der Waals surface area contributed by atoms with Crippen LogP contribution in [0.5, 0.6) is 0 Å². The summed E-state index contributed by atoms with van der Waals surface area (Å²) in [6.07, 6.45) is 2.68. The van der Waals surface area contributed by atoms with E-state index in [4.69, 9.17) is 9.15 Å². The van der Waals surface area contributed by atoms with Crippen LogP contribution in [0.4, 0.5) is 5.69 Å². The minimum Gasteiger partial charge on any atom is -0.459 e. The molecule has 2 aromatic rings. The summed E-state index contributed by atoms with van der Waals surface area (Å²) in [6.45, 7) is 3.39. The minimum absolute atomic E-state index is 0.0421. The second-order valence-electron chi connectivity index (χ2n) is 7.89. The number of nitrogens with zero attached hydrogens (tertiary/aromatic N) is 1. The monoisotopic (exact) mass is 490 g/mol. The van der Waals surface area contributed by atoms with Gasteiger partial charge in [0.25, 0.3) is 21.8 Å². The van der Waals surface area contributed by atoms with Crippen LogP contribution in [0, 0.1) is 5.92 Å². The maximum absolute atomic E-state index is 12.5. The molecular weight excluding hydrogens is 464 g/mol. The van der Waals surface area contributed by atoms with Gasteiger partial charge in [-0.2, -0.15) is 0 Å². The van der Waals surface area contributed by atoms with Gasteiger partial charge in [0, 0.05) is 18.7 Å². The molecule has 0 bridgehead atoms. The number of hydrogen-bond acceptors (Lipinski definition) is 8. The molecule has 2 amide bonds. The van der Waals surface area contributed by atoms with Gasteiger partial charge in [-0.3, -0.25) is 19.3 Å². The zero-order valence-electron chi connectivity index (χ0n) is 18.7. The number of sulfonamides is 1. The van der Waals surface area contributed by atoms with Crippen molar-refractivity contribution in [2.75, 3.05) is 18.5 Å². The van der Waals surface area contributed by atoms with Crippen molar-refractivity contribution >= 4 is 39.3 Å². The molecule has 0 aliphatic carbocycles. The van der Waals surface area contributed by atoms with Gasteiger partial charge in [0.2, 0.25) is 0 Å². The Morgan fingerprint density at radius 3 is 2.62 bits per heavy atom. The van der Waals surface area contributed by atoms with E-state index in [2.05, 4.69) is 20.3 Å². The van der Waals surface area contributed by atoms with Gasteiger partial charge in [0.15, 0.2) is 12.4 Å². The first-order chi connectivity index (χ1) is 16.2. The van der Waals surface area contributed by atoms with Gasteiger partial charge >= 0.3 is 5.97 Å². The van der Waals surface area contributed by atoms with E-state index in [0.29, 0.717) is 18.8 Å². The third kappa shape index (κ3) is 6.67. The van der Waals surface area contributed by atoms with E-state index in [0.717, 1.165) is 6.42 Å².